The van der Waals surface area contributed by atoms with E-state index in [9.17, 15) is 0 Å². The molecule has 2 aromatic heterocycles. The van der Waals surface area contributed by atoms with Gasteiger partial charge in [-0.3, -0.25) is 9.88 Å². The van der Waals surface area contributed by atoms with Crippen LogP contribution in [0, 0.1) is 0 Å². The van der Waals surface area contributed by atoms with Gasteiger partial charge in [0.25, 0.3) is 0 Å². The molecule has 90 valence electrons. The van der Waals surface area contributed by atoms with E-state index in [0.717, 1.165) is 23.7 Å². The van der Waals surface area contributed by atoms with Gasteiger partial charge >= 0.3 is 0 Å². The molecule has 5 nitrogen and oxygen atoms in total. The zero-order valence-corrected chi connectivity index (χ0v) is 9.84. The fourth-order valence-electron chi connectivity index (χ4n) is 1.62. The highest BCUT2D eigenvalue weighted by Crippen LogP contribution is 2.08. The molecule has 0 aliphatic rings. The average Bonchev–Trinajstić information content (AvgIpc) is 2.78. The molecular formula is C12H16N4O. The van der Waals surface area contributed by atoms with Crippen LogP contribution >= 0.6 is 0 Å². The summed E-state index contributed by atoms with van der Waals surface area (Å²) in [5.41, 5.74) is 7.29. The zero-order valence-electron chi connectivity index (χ0n) is 9.84. The van der Waals surface area contributed by atoms with E-state index in [1.54, 1.807) is 6.20 Å². The van der Waals surface area contributed by atoms with Crippen molar-refractivity contribution in [2.45, 2.75) is 19.6 Å². The number of aromatic nitrogens is 2. The molecule has 0 fully saturated rings. The standard InChI is InChI=1S/C12H16N4O/c1-16(8-10-4-2-3-5-14-10)9-12-6-11(7-13)15-17-12/h2-6H,7-9,13H2,1H3. The summed E-state index contributed by atoms with van der Waals surface area (Å²) in [7, 11) is 2.01. The van der Waals surface area contributed by atoms with Gasteiger partial charge in [-0.05, 0) is 19.2 Å². The van der Waals surface area contributed by atoms with E-state index in [2.05, 4.69) is 15.0 Å². The van der Waals surface area contributed by atoms with Crippen molar-refractivity contribution < 1.29 is 4.52 Å². The first kappa shape index (κ1) is 11.8. The highest BCUT2D eigenvalue weighted by atomic mass is 16.5. The lowest BCUT2D eigenvalue weighted by Gasteiger charge is -2.13. The SMILES string of the molecule is CN(Cc1ccccn1)Cc1cc(CN)no1. The maximum Gasteiger partial charge on any atom is 0.151 e. The van der Waals surface area contributed by atoms with Gasteiger partial charge in [0.15, 0.2) is 5.76 Å². The van der Waals surface area contributed by atoms with Crippen LogP contribution < -0.4 is 5.73 Å². The van der Waals surface area contributed by atoms with Crippen LogP contribution in [0.1, 0.15) is 17.1 Å². The third-order valence-electron chi connectivity index (χ3n) is 2.40. The molecule has 0 saturated heterocycles. The first-order valence-electron chi connectivity index (χ1n) is 5.51. The largest absolute Gasteiger partial charge is 0.360 e. The lowest BCUT2D eigenvalue weighted by atomic mass is 10.3. The summed E-state index contributed by atoms with van der Waals surface area (Å²) in [5, 5.41) is 3.85. The Morgan fingerprint density at radius 3 is 2.82 bits per heavy atom. The van der Waals surface area contributed by atoms with E-state index in [0.29, 0.717) is 13.1 Å². The van der Waals surface area contributed by atoms with Crippen LogP contribution in [0.15, 0.2) is 35.0 Å². The van der Waals surface area contributed by atoms with Crippen LogP contribution in [0.5, 0.6) is 0 Å². The molecule has 5 heteroatoms. The Hall–Kier alpha value is -1.72. The quantitative estimate of drug-likeness (QED) is 0.837. The monoisotopic (exact) mass is 232 g/mol. The lowest BCUT2D eigenvalue weighted by molar-refractivity contribution is 0.263. The molecule has 0 aliphatic heterocycles. The van der Waals surface area contributed by atoms with Gasteiger partial charge in [0, 0.05) is 25.4 Å². The number of nitrogens with zero attached hydrogens (tertiary/aromatic N) is 3. The van der Waals surface area contributed by atoms with Gasteiger partial charge in [0.1, 0.15) is 0 Å². The van der Waals surface area contributed by atoms with E-state index >= 15 is 0 Å². The predicted molar refractivity (Wildman–Crippen MR) is 63.8 cm³/mol. The highest BCUT2D eigenvalue weighted by Gasteiger charge is 2.07. The zero-order chi connectivity index (χ0) is 12.1. The minimum absolute atomic E-state index is 0.410. The Bertz CT molecular complexity index is 455. The smallest absolute Gasteiger partial charge is 0.151 e. The minimum Gasteiger partial charge on any atom is -0.360 e. The normalized spacial score (nSPS) is 11.0. The Morgan fingerprint density at radius 2 is 2.18 bits per heavy atom. The van der Waals surface area contributed by atoms with Crippen LogP contribution in [0.2, 0.25) is 0 Å². The Labute approximate surface area is 100 Å². The topological polar surface area (TPSA) is 68.2 Å². The number of hydrogen-bond acceptors (Lipinski definition) is 5. The molecule has 0 radical (unpaired) electrons. The maximum atomic E-state index is 5.47. The third kappa shape index (κ3) is 3.37. The molecule has 17 heavy (non-hydrogen) atoms. The summed E-state index contributed by atoms with van der Waals surface area (Å²) < 4.78 is 5.17. The van der Waals surface area contributed by atoms with Crippen molar-refractivity contribution in [3.8, 4) is 0 Å². The van der Waals surface area contributed by atoms with Crippen LogP contribution in [0.3, 0.4) is 0 Å². The number of nitrogens with two attached hydrogens (primary N) is 1. The van der Waals surface area contributed by atoms with Crippen molar-refractivity contribution in [3.63, 3.8) is 0 Å². The van der Waals surface area contributed by atoms with Crippen molar-refractivity contribution in [3.05, 3.63) is 47.6 Å². The van der Waals surface area contributed by atoms with E-state index in [1.165, 1.54) is 0 Å². The Morgan fingerprint density at radius 1 is 1.29 bits per heavy atom. The second kappa shape index (κ2) is 5.56. The van der Waals surface area contributed by atoms with Gasteiger partial charge in [0.2, 0.25) is 0 Å². The first-order valence-corrected chi connectivity index (χ1v) is 5.51. The van der Waals surface area contributed by atoms with Crippen molar-refractivity contribution in [2.75, 3.05) is 7.05 Å². The van der Waals surface area contributed by atoms with E-state index in [-0.39, 0.29) is 0 Å². The van der Waals surface area contributed by atoms with Crippen LogP contribution in [0.4, 0.5) is 0 Å². The molecule has 0 spiro atoms. The van der Waals surface area contributed by atoms with Crippen molar-refractivity contribution in [1.29, 1.82) is 0 Å². The summed E-state index contributed by atoms with van der Waals surface area (Å²) >= 11 is 0. The maximum absolute atomic E-state index is 5.47. The fourth-order valence-corrected chi connectivity index (χ4v) is 1.62. The molecule has 0 saturated carbocycles. The molecule has 2 aromatic rings. The Balaban J connectivity index is 1.91. The first-order chi connectivity index (χ1) is 8.28. The number of rotatable bonds is 5. The minimum atomic E-state index is 0.410. The van der Waals surface area contributed by atoms with Crippen molar-refractivity contribution >= 4 is 0 Å². The third-order valence-corrected chi connectivity index (χ3v) is 2.40. The van der Waals surface area contributed by atoms with Crippen LogP contribution in [-0.2, 0) is 19.6 Å². The number of hydrogen-bond donors (Lipinski definition) is 1. The molecule has 0 aromatic carbocycles. The lowest BCUT2D eigenvalue weighted by Crippen LogP contribution is -2.17. The van der Waals surface area contributed by atoms with Gasteiger partial charge < -0.3 is 10.3 Å². The highest BCUT2D eigenvalue weighted by molar-refractivity contribution is 5.06. The predicted octanol–water partition coefficient (Wildman–Crippen LogP) is 1.16. The van der Waals surface area contributed by atoms with Crippen LogP contribution in [-0.4, -0.2) is 22.1 Å². The molecule has 0 bridgehead atoms. The van der Waals surface area contributed by atoms with E-state index in [1.807, 2.05) is 31.3 Å². The summed E-state index contributed by atoms with van der Waals surface area (Å²) in [5.74, 6) is 0.823. The Kier molecular flexibility index (Phi) is 3.85. The summed E-state index contributed by atoms with van der Waals surface area (Å²) in [6.07, 6.45) is 1.80. The van der Waals surface area contributed by atoms with Crippen LogP contribution in [0.25, 0.3) is 0 Å². The molecule has 0 amide bonds. The van der Waals surface area contributed by atoms with Gasteiger partial charge in [0.05, 0.1) is 17.9 Å². The molecule has 2 N–H and O–H groups in total. The van der Waals surface area contributed by atoms with Gasteiger partial charge in [-0.15, -0.1) is 0 Å². The summed E-state index contributed by atoms with van der Waals surface area (Å²) in [6.45, 7) is 1.89. The van der Waals surface area contributed by atoms with Gasteiger partial charge in [-0.2, -0.15) is 0 Å². The molecule has 0 atom stereocenters. The average molecular weight is 232 g/mol. The molecule has 0 aliphatic carbocycles. The second-order valence-electron chi connectivity index (χ2n) is 3.98. The fraction of sp³-hybridized carbons (Fsp3) is 0.333. The molecule has 0 unspecified atom stereocenters. The van der Waals surface area contributed by atoms with Gasteiger partial charge in [-0.25, -0.2) is 0 Å². The number of pyridine rings is 1. The van der Waals surface area contributed by atoms with E-state index in [4.69, 9.17) is 10.3 Å². The summed E-state index contributed by atoms with van der Waals surface area (Å²) in [6, 6.07) is 7.78. The molecule has 2 heterocycles. The van der Waals surface area contributed by atoms with E-state index < -0.39 is 0 Å². The van der Waals surface area contributed by atoms with Crippen molar-refractivity contribution in [2.24, 2.45) is 5.73 Å². The van der Waals surface area contributed by atoms with Crippen molar-refractivity contribution in [1.82, 2.24) is 15.0 Å². The molecular weight excluding hydrogens is 216 g/mol. The summed E-state index contributed by atoms with van der Waals surface area (Å²) in [4.78, 5) is 6.39. The molecule has 2 rings (SSSR count). The van der Waals surface area contributed by atoms with Gasteiger partial charge in [-0.1, -0.05) is 11.2 Å². The second-order valence-corrected chi connectivity index (χ2v) is 3.98.